The van der Waals surface area contributed by atoms with Crippen LogP contribution < -0.4 is 11.1 Å². The number of benzene rings is 1. The fraction of sp³-hybridized carbons (Fsp3) is 0.588. The first-order chi connectivity index (χ1) is 10.2. The highest BCUT2D eigenvalue weighted by Gasteiger charge is 2.17. The van der Waals surface area contributed by atoms with Crippen LogP contribution in [0.15, 0.2) is 24.3 Å². The lowest BCUT2D eigenvalue weighted by atomic mass is 9.97. The molecule has 0 saturated carbocycles. The monoisotopic (exact) mass is 289 g/mol. The Labute approximate surface area is 127 Å². The topological polar surface area (TPSA) is 58.4 Å². The molecule has 1 fully saturated rings. The lowest BCUT2D eigenvalue weighted by molar-refractivity contribution is -0.116. The van der Waals surface area contributed by atoms with E-state index in [1.54, 1.807) is 0 Å². The summed E-state index contributed by atoms with van der Waals surface area (Å²) >= 11 is 0. The Morgan fingerprint density at radius 2 is 2.14 bits per heavy atom. The van der Waals surface area contributed by atoms with Crippen LogP contribution in [-0.4, -0.2) is 37.0 Å². The number of nitrogens with two attached hydrogens (primary N) is 1. The van der Waals surface area contributed by atoms with Gasteiger partial charge in [0.25, 0.3) is 0 Å². The van der Waals surface area contributed by atoms with Gasteiger partial charge in [0.15, 0.2) is 0 Å². The van der Waals surface area contributed by atoms with Gasteiger partial charge in [-0.1, -0.05) is 12.1 Å². The molecule has 1 aromatic rings. The van der Waals surface area contributed by atoms with Crippen LogP contribution in [0.1, 0.15) is 31.2 Å². The van der Waals surface area contributed by atoms with Gasteiger partial charge in [0.2, 0.25) is 5.91 Å². The van der Waals surface area contributed by atoms with Crippen molar-refractivity contribution in [3.8, 4) is 0 Å². The maximum atomic E-state index is 11.9. The molecule has 4 heteroatoms. The molecule has 116 valence electrons. The maximum Gasteiger partial charge on any atom is 0.224 e. The highest BCUT2D eigenvalue weighted by Crippen LogP contribution is 2.16. The van der Waals surface area contributed by atoms with Gasteiger partial charge >= 0.3 is 0 Å². The van der Waals surface area contributed by atoms with Crippen molar-refractivity contribution in [1.82, 2.24) is 4.90 Å². The van der Waals surface area contributed by atoms with Crippen molar-refractivity contribution in [3.63, 3.8) is 0 Å². The lowest BCUT2D eigenvalue weighted by Crippen LogP contribution is -2.36. The number of nitrogens with zero attached hydrogens (tertiary/aromatic N) is 1. The fourth-order valence-electron chi connectivity index (χ4n) is 2.86. The molecule has 1 aliphatic rings. The SMILES string of the molecule is Cc1cccc(NC(=O)CCCN2CCC(CN)CC2)c1. The second-order valence-corrected chi connectivity index (χ2v) is 6.04. The Morgan fingerprint density at radius 3 is 2.81 bits per heavy atom. The fourth-order valence-corrected chi connectivity index (χ4v) is 2.86. The number of nitrogens with one attached hydrogen (secondary N) is 1. The molecule has 0 unspecified atom stereocenters. The first kappa shape index (κ1) is 16.0. The van der Waals surface area contributed by atoms with Crippen LogP contribution in [0.3, 0.4) is 0 Å². The van der Waals surface area contributed by atoms with E-state index in [2.05, 4.69) is 10.2 Å². The third-order valence-electron chi connectivity index (χ3n) is 4.22. The summed E-state index contributed by atoms with van der Waals surface area (Å²) in [5.41, 5.74) is 7.76. The van der Waals surface area contributed by atoms with Crippen LogP contribution in [0.5, 0.6) is 0 Å². The van der Waals surface area contributed by atoms with Crippen LogP contribution in [0.4, 0.5) is 5.69 Å². The second-order valence-electron chi connectivity index (χ2n) is 6.04. The molecule has 1 aliphatic heterocycles. The van der Waals surface area contributed by atoms with Crippen LogP contribution in [0.25, 0.3) is 0 Å². The Kier molecular flexibility index (Phi) is 6.21. The van der Waals surface area contributed by atoms with Crippen molar-refractivity contribution in [2.75, 3.05) is 31.5 Å². The number of aryl methyl sites for hydroxylation is 1. The van der Waals surface area contributed by atoms with Crippen LogP contribution in [0.2, 0.25) is 0 Å². The Hall–Kier alpha value is -1.39. The number of hydrogen-bond donors (Lipinski definition) is 2. The van der Waals surface area contributed by atoms with E-state index in [4.69, 9.17) is 5.73 Å². The smallest absolute Gasteiger partial charge is 0.224 e. The summed E-state index contributed by atoms with van der Waals surface area (Å²) in [6.45, 7) is 6.11. The summed E-state index contributed by atoms with van der Waals surface area (Å²) in [5.74, 6) is 0.809. The molecular weight excluding hydrogens is 262 g/mol. The van der Waals surface area contributed by atoms with Crippen LogP contribution in [-0.2, 0) is 4.79 Å². The zero-order valence-corrected chi connectivity index (χ0v) is 13.0. The Bertz CT molecular complexity index is 453. The van der Waals surface area contributed by atoms with Gasteiger partial charge in [-0.25, -0.2) is 0 Å². The average molecular weight is 289 g/mol. The van der Waals surface area contributed by atoms with Gasteiger partial charge in [-0.15, -0.1) is 0 Å². The molecule has 1 saturated heterocycles. The van der Waals surface area contributed by atoms with Gasteiger partial charge in [0.05, 0.1) is 0 Å². The Morgan fingerprint density at radius 1 is 1.38 bits per heavy atom. The van der Waals surface area contributed by atoms with Gasteiger partial charge in [-0.3, -0.25) is 4.79 Å². The number of likely N-dealkylation sites (tertiary alicyclic amines) is 1. The zero-order chi connectivity index (χ0) is 15.1. The van der Waals surface area contributed by atoms with Crippen molar-refractivity contribution in [2.24, 2.45) is 11.7 Å². The van der Waals surface area contributed by atoms with Crippen molar-refractivity contribution in [3.05, 3.63) is 29.8 Å². The molecule has 0 aromatic heterocycles. The van der Waals surface area contributed by atoms with Crippen molar-refractivity contribution in [1.29, 1.82) is 0 Å². The number of hydrogen-bond acceptors (Lipinski definition) is 3. The first-order valence-electron chi connectivity index (χ1n) is 7.96. The van der Waals surface area contributed by atoms with Gasteiger partial charge < -0.3 is 16.0 Å². The Balaban J connectivity index is 1.63. The van der Waals surface area contributed by atoms with Gasteiger partial charge in [0.1, 0.15) is 0 Å². The molecule has 21 heavy (non-hydrogen) atoms. The normalized spacial score (nSPS) is 16.9. The number of amides is 1. The highest BCUT2D eigenvalue weighted by molar-refractivity contribution is 5.90. The van der Waals surface area contributed by atoms with Crippen LogP contribution in [0, 0.1) is 12.8 Å². The number of anilines is 1. The molecule has 3 N–H and O–H groups in total. The second kappa shape index (κ2) is 8.15. The number of carbonyl (C=O) groups excluding carboxylic acids is 1. The molecule has 0 spiro atoms. The van der Waals surface area contributed by atoms with E-state index in [1.165, 1.54) is 12.8 Å². The van der Waals surface area contributed by atoms with E-state index in [9.17, 15) is 4.79 Å². The van der Waals surface area contributed by atoms with E-state index < -0.39 is 0 Å². The predicted octanol–water partition coefficient (Wildman–Crippen LogP) is 2.38. The quantitative estimate of drug-likeness (QED) is 0.845. The highest BCUT2D eigenvalue weighted by atomic mass is 16.1. The third-order valence-corrected chi connectivity index (χ3v) is 4.22. The molecule has 1 aromatic carbocycles. The molecular formula is C17H27N3O. The molecule has 2 rings (SSSR count). The molecule has 0 atom stereocenters. The van der Waals surface area contributed by atoms with E-state index in [0.29, 0.717) is 12.3 Å². The summed E-state index contributed by atoms with van der Waals surface area (Å²) in [6.07, 6.45) is 3.91. The lowest BCUT2D eigenvalue weighted by Gasteiger charge is -2.31. The number of piperidine rings is 1. The number of carbonyl (C=O) groups is 1. The summed E-state index contributed by atoms with van der Waals surface area (Å²) in [4.78, 5) is 14.4. The number of rotatable bonds is 6. The van der Waals surface area contributed by atoms with Crippen molar-refractivity contribution < 1.29 is 4.79 Å². The van der Waals surface area contributed by atoms with Crippen molar-refractivity contribution in [2.45, 2.75) is 32.6 Å². The first-order valence-corrected chi connectivity index (χ1v) is 7.96. The molecule has 0 bridgehead atoms. The molecule has 1 amide bonds. The minimum absolute atomic E-state index is 0.109. The third kappa shape index (κ3) is 5.48. The van der Waals surface area contributed by atoms with E-state index in [-0.39, 0.29) is 5.91 Å². The van der Waals surface area contributed by atoms with E-state index in [1.807, 2.05) is 31.2 Å². The van der Waals surface area contributed by atoms with E-state index >= 15 is 0 Å². The van der Waals surface area contributed by atoms with Crippen LogP contribution >= 0.6 is 0 Å². The van der Waals surface area contributed by atoms with E-state index in [0.717, 1.165) is 43.9 Å². The van der Waals surface area contributed by atoms with Gasteiger partial charge in [-0.2, -0.15) is 0 Å². The van der Waals surface area contributed by atoms with Gasteiger partial charge in [-0.05, 0) is 76.0 Å². The molecule has 1 heterocycles. The largest absolute Gasteiger partial charge is 0.330 e. The summed E-state index contributed by atoms with van der Waals surface area (Å²) < 4.78 is 0. The summed E-state index contributed by atoms with van der Waals surface area (Å²) in [6, 6.07) is 7.92. The molecule has 4 nitrogen and oxygen atoms in total. The molecule has 0 radical (unpaired) electrons. The predicted molar refractivity (Wildman–Crippen MR) is 87.3 cm³/mol. The maximum absolute atomic E-state index is 11.9. The standard InChI is InChI=1S/C17H27N3O/c1-14-4-2-5-16(12-14)19-17(21)6-3-9-20-10-7-15(13-18)8-11-20/h2,4-5,12,15H,3,6-11,13,18H2,1H3,(H,19,21). The zero-order valence-electron chi connectivity index (χ0n) is 13.0. The van der Waals surface area contributed by atoms with Crippen molar-refractivity contribution >= 4 is 11.6 Å². The minimum atomic E-state index is 0.109. The minimum Gasteiger partial charge on any atom is -0.330 e. The summed E-state index contributed by atoms with van der Waals surface area (Å²) in [5, 5.41) is 2.96. The molecule has 0 aliphatic carbocycles. The summed E-state index contributed by atoms with van der Waals surface area (Å²) in [7, 11) is 0. The average Bonchev–Trinajstić information content (AvgIpc) is 2.48. The van der Waals surface area contributed by atoms with Gasteiger partial charge in [0, 0.05) is 12.1 Å².